The molecule has 0 unspecified atom stereocenters. The molecule has 54 valence electrons. The first-order valence-electron chi connectivity index (χ1n) is 1.91. The third kappa shape index (κ3) is 5.19. The molecule has 0 saturated carbocycles. The van der Waals surface area contributed by atoms with Crippen molar-refractivity contribution in [2.24, 2.45) is 0 Å². The maximum absolute atomic E-state index is 10.2. The summed E-state index contributed by atoms with van der Waals surface area (Å²) >= 11 is 0. The van der Waals surface area contributed by atoms with E-state index in [0.717, 1.165) is 0 Å². The van der Waals surface area contributed by atoms with Gasteiger partial charge in [-0.3, -0.25) is 4.79 Å². The third-order valence-electron chi connectivity index (χ3n) is 0.497. The molecule has 2 N–H and O–H groups in total. The maximum Gasteiger partial charge on any atom is 0.234 e. The maximum atomic E-state index is 10.2. The lowest BCUT2D eigenvalue weighted by Crippen LogP contribution is -2.03. The van der Waals surface area contributed by atoms with E-state index in [2.05, 4.69) is 6.58 Å². The fourth-order valence-electron chi connectivity index (χ4n) is 0.204. The fraction of sp³-hybridized carbons (Fsp3) is 0.250. The SMILES string of the molecule is C=CCS(=O)(=O)C=O.O. The van der Waals surface area contributed by atoms with Crippen molar-refractivity contribution in [3.05, 3.63) is 12.7 Å². The van der Waals surface area contributed by atoms with Gasteiger partial charge in [0.05, 0.1) is 5.75 Å². The van der Waals surface area contributed by atoms with Gasteiger partial charge in [0.2, 0.25) is 15.5 Å². The molecule has 0 rings (SSSR count). The lowest BCUT2D eigenvalue weighted by molar-refractivity contribution is 0.557. The van der Waals surface area contributed by atoms with E-state index < -0.39 is 9.84 Å². The Morgan fingerprint density at radius 2 is 1.89 bits per heavy atom. The first kappa shape index (κ1) is 11.2. The van der Waals surface area contributed by atoms with Gasteiger partial charge in [0, 0.05) is 0 Å². The van der Waals surface area contributed by atoms with Gasteiger partial charge < -0.3 is 5.48 Å². The Morgan fingerprint density at radius 1 is 1.44 bits per heavy atom. The van der Waals surface area contributed by atoms with Crippen molar-refractivity contribution in [3.8, 4) is 0 Å². The molecule has 0 aromatic rings. The average molecular weight is 152 g/mol. The van der Waals surface area contributed by atoms with Crippen LogP contribution in [0.15, 0.2) is 12.7 Å². The van der Waals surface area contributed by atoms with Gasteiger partial charge >= 0.3 is 0 Å². The molecule has 0 saturated heterocycles. The first-order valence-corrected chi connectivity index (χ1v) is 3.63. The molecule has 0 atom stereocenters. The Hall–Kier alpha value is -0.680. The van der Waals surface area contributed by atoms with Crippen LogP contribution in [0.3, 0.4) is 0 Å². The lowest BCUT2D eigenvalue weighted by atomic mass is 10.8. The Morgan fingerprint density at radius 3 is 2.00 bits per heavy atom. The summed E-state index contributed by atoms with van der Waals surface area (Å²) in [6, 6.07) is 0. The number of carbonyl (C=O) groups is 1. The van der Waals surface area contributed by atoms with Gasteiger partial charge in [-0.25, -0.2) is 8.42 Å². The van der Waals surface area contributed by atoms with Crippen LogP contribution in [-0.2, 0) is 14.6 Å². The van der Waals surface area contributed by atoms with Crippen molar-refractivity contribution in [3.63, 3.8) is 0 Å². The van der Waals surface area contributed by atoms with Crippen LogP contribution in [-0.4, -0.2) is 25.3 Å². The highest BCUT2D eigenvalue weighted by Crippen LogP contribution is 1.81. The topological polar surface area (TPSA) is 82.7 Å². The Balaban J connectivity index is 0. The minimum atomic E-state index is -3.47. The van der Waals surface area contributed by atoms with Gasteiger partial charge in [0.25, 0.3) is 0 Å². The molecular formula is C4H8O4S. The molecule has 0 spiro atoms. The second-order valence-corrected chi connectivity index (χ2v) is 3.07. The molecule has 5 heteroatoms. The van der Waals surface area contributed by atoms with E-state index in [1.54, 1.807) is 0 Å². The molecule has 4 nitrogen and oxygen atoms in total. The van der Waals surface area contributed by atoms with Crippen LogP contribution in [0.5, 0.6) is 0 Å². The van der Waals surface area contributed by atoms with Crippen LogP contribution in [0.1, 0.15) is 0 Å². The zero-order chi connectivity index (χ0) is 6.62. The summed E-state index contributed by atoms with van der Waals surface area (Å²) in [5.41, 5.74) is -0.0747. The molecule has 0 amide bonds. The van der Waals surface area contributed by atoms with Crippen molar-refractivity contribution in [1.29, 1.82) is 0 Å². The summed E-state index contributed by atoms with van der Waals surface area (Å²) in [5.74, 6) is -0.267. The highest BCUT2D eigenvalue weighted by Gasteiger charge is 2.02. The van der Waals surface area contributed by atoms with Crippen molar-refractivity contribution in [2.45, 2.75) is 0 Å². The second kappa shape index (κ2) is 4.22. The number of hydrogen-bond acceptors (Lipinski definition) is 3. The van der Waals surface area contributed by atoms with E-state index in [4.69, 9.17) is 0 Å². The average Bonchev–Trinajstić information content (AvgIpc) is 1.67. The van der Waals surface area contributed by atoms with Gasteiger partial charge in [-0.2, -0.15) is 0 Å². The molecule has 9 heavy (non-hydrogen) atoms. The summed E-state index contributed by atoms with van der Waals surface area (Å²) < 4.78 is 20.3. The highest BCUT2D eigenvalue weighted by molar-refractivity contribution is 8.04. The smallest absolute Gasteiger partial charge is 0.234 e. The first-order chi connectivity index (χ1) is 3.62. The molecule has 0 aliphatic heterocycles. The predicted octanol–water partition coefficient (Wildman–Crippen LogP) is -1.05. The molecule has 0 aliphatic carbocycles. The fourth-order valence-corrected chi connectivity index (χ4v) is 0.611. The minimum Gasteiger partial charge on any atom is -0.412 e. The van der Waals surface area contributed by atoms with Gasteiger partial charge in [-0.15, -0.1) is 6.58 Å². The molecular weight excluding hydrogens is 144 g/mol. The summed E-state index contributed by atoms with van der Waals surface area (Å²) in [7, 11) is -3.47. The third-order valence-corrected chi connectivity index (χ3v) is 1.49. The van der Waals surface area contributed by atoms with Gasteiger partial charge in [-0.05, 0) is 0 Å². The Labute approximate surface area is 53.4 Å². The molecule has 0 aliphatic rings. The van der Waals surface area contributed by atoms with Crippen LogP contribution >= 0.6 is 0 Å². The zero-order valence-corrected chi connectivity index (χ0v) is 5.52. The lowest BCUT2D eigenvalue weighted by Gasteiger charge is -1.82. The van der Waals surface area contributed by atoms with E-state index in [1.165, 1.54) is 6.08 Å². The standard InChI is InChI=1S/C4H6O3S.H2O/c1-2-3-8(6,7)4-5;/h2,4H,1,3H2;1H2. The summed E-state index contributed by atoms with van der Waals surface area (Å²) in [4.78, 5) is 9.58. The largest absolute Gasteiger partial charge is 0.412 e. The monoisotopic (exact) mass is 152 g/mol. The van der Waals surface area contributed by atoms with Crippen molar-refractivity contribution in [1.82, 2.24) is 0 Å². The van der Waals surface area contributed by atoms with Gasteiger partial charge in [-0.1, -0.05) is 6.08 Å². The summed E-state index contributed by atoms with van der Waals surface area (Å²) in [6.07, 6.45) is 1.17. The number of carbonyl (C=O) groups excluding carboxylic acids is 1. The normalized spacial score (nSPS) is 9.33. The van der Waals surface area contributed by atoms with E-state index in [0.29, 0.717) is 0 Å². The van der Waals surface area contributed by atoms with Crippen LogP contribution in [0, 0.1) is 0 Å². The minimum absolute atomic E-state index is 0. The van der Waals surface area contributed by atoms with Gasteiger partial charge in [0.1, 0.15) is 0 Å². The molecule has 0 heterocycles. The molecule has 0 fully saturated rings. The number of hydrogen-bond donors (Lipinski definition) is 0. The summed E-state index contributed by atoms with van der Waals surface area (Å²) in [5, 5.41) is 0. The predicted molar refractivity (Wildman–Crippen MR) is 34.3 cm³/mol. The van der Waals surface area contributed by atoms with E-state index in [1.807, 2.05) is 0 Å². The second-order valence-electron chi connectivity index (χ2n) is 1.21. The van der Waals surface area contributed by atoms with Crippen LogP contribution in [0.2, 0.25) is 0 Å². The Bertz CT molecular complexity index is 179. The molecule has 0 aromatic carbocycles. The Kier molecular flexibility index (Phi) is 5.24. The zero-order valence-electron chi connectivity index (χ0n) is 4.70. The van der Waals surface area contributed by atoms with E-state index in [9.17, 15) is 13.2 Å². The van der Waals surface area contributed by atoms with Crippen molar-refractivity contribution in [2.75, 3.05) is 5.75 Å². The number of rotatable bonds is 3. The van der Waals surface area contributed by atoms with E-state index in [-0.39, 0.29) is 16.8 Å². The highest BCUT2D eigenvalue weighted by atomic mass is 32.2. The summed E-state index contributed by atoms with van der Waals surface area (Å²) in [6.45, 7) is 3.16. The van der Waals surface area contributed by atoms with Crippen molar-refractivity contribution < 1.29 is 18.7 Å². The van der Waals surface area contributed by atoms with Crippen LogP contribution in [0.4, 0.5) is 0 Å². The molecule has 0 aromatic heterocycles. The van der Waals surface area contributed by atoms with Crippen LogP contribution in [0.25, 0.3) is 0 Å². The molecule has 0 radical (unpaired) electrons. The number of sulfone groups is 1. The van der Waals surface area contributed by atoms with Gasteiger partial charge in [0.15, 0.2) is 0 Å². The van der Waals surface area contributed by atoms with E-state index >= 15 is 0 Å². The van der Waals surface area contributed by atoms with Crippen LogP contribution < -0.4 is 0 Å². The molecule has 0 bridgehead atoms. The quantitative estimate of drug-likeness (QED) is 0.382. The van der Waals surface area contributed by atoms with Crippen molar-refractivity contribution >= 4 is 15.5 Å².